The van der Waals surface area contributed by atoms with E-state index in [4.69, 9.17) is 4.74 Å². The lowest BCUT2D eigenvalue weighted by atomic mass is 10.1. The van der Waals surface area contributed by atoms with Crippen LogP contribution >= 0.6 is 15.9 Å². The molecule has 0 saturated carbocycles. The van der Waals surface area contributed by atoms with Crippen LogP contribution < -0.4 is 10.1 Å². The van der Waals surface area contributed by atoms with Crippen molar-refractivity contribution < 1.29 is 18.3 Å². The first-order valence-electron chi connectivity index (χ1n) is 6.07. The summed E-state index contributed by atoms with van der Waals surface area (Å²) in [5.41, 5.74) is 0.213. The molecule has 0 aromatic heterocycles. The summed E-state index contributed by atoms with van der Waals surface area (Å²) in [6, 6.07) is 8.53. The molecule has 0 fully saturated rings. The minimum atomic E-state index is -0.741. The molecule has 0 aliphatic carbocycles. The van der Waals surface area contributed by atoms with Crippen molar-refractivity contribution in [2.45, 2.75) is 6.42 Å². The lowest BCUT2D eigenvalue weighted by Crippen LogP contribution is -2.16. The number of amides is 1. The van der Waals surface area contributed by atoms with Gasteiger partial charge in [-0.3, -0.25) is 4.79 Å². The van der Waals surface area contributed by atoms with Crippen LogP contribution in [-0.2, 0) is 11.2 Å². The molecule has 0 aliphatic heterocycles. The largest absolute Gasteiger partial charge is 0.497 e. The second kappa shape index (κ2) is 6.67. The van der Waals surface area contributed by atoms with Crippen LogP contribution in [-0.4, -0.2) is 13.0 Å². The number of methoxy groups -OCH3 is 1. The standard InChI is InChI=1S/C15H12BrF2NO2/c1-21-9-5-6-11(16)14(7-9)19-15(20)8-10-12(17)3-2-4-13(10)18/h2-7H,8H2,1H3,(H,19,20). The van der Waals surface area contributed by atoms with Crippen molar-refractivity contribution in [3.8, 4) is 5.75 Å². The molecule has 0 heterocycles. The second-order valence-electron chi connectivity index (χ2n) is 4.27. The van der Waals surface area contributed by atoms with Crippen LogP contribution in [0.5, 0.6) is 5.75 Å². The Hall–Kier alpha value is -1.95. The second-order valence-corrected chi connectivity index (χ2v) is 5.13. The van der Waals surface area contributed by atoms with Crippen molar-refractivity contribution in [2.24, 2.45) is 0 Å². The van der Waals surface area contributed by atoms with Crippen molar-refractivity contribution in [3.63, 3.8) is 0 Å². The molecule has 1 amide bonds. The molecule has 1 N–H and O–H groups in total. The zero-order chi connectivity index (χ0) is 15.4. The molecular formula is C15H12BrF2NO2. The van der Waals surface area contributed by atoms with Crippen LogP contribution in [0, 0.1) is 11.6 Å². The van der Waals surface area contributed by atoms with E-state index in [0.717, 1.165) is 12.1 Å². The lowest BCUT2D eigenvalue weighted by Gasteiger charge is -2.10. The topological polar surface area (TPSA) is 38.3 Å². The molecule has 3 nitrogen and oxygen atoms in total. The van der Waals surface area contributed by atoms with Gasteiger partial charge in [0.2, 0.25) is 5.91 Å². The Morgan fingerprint density at radius 1 is 1.24 bits per heavy atom. The van der Waals surface area contributed by atoms with E-state index >= 15 is 0 Å². The number of hydrogen-bond acceptors (Lipinski definition) is 2. The van der Waals surface area contributed by atoms with E-state index in [0.29, 0.717) is 15.9 Å². The molecule has 110 valence electrons. The molecule has 0 radical (unpaired) electrons. The number of anilines is 1. The monoisotopic (exact) mass is 355 g/mol. The summed E-state index contributed by atoms with van der Waals surface area (Å²) in [4.78, 5) is 11.9. The fourth-order valence-electron chi connectivity index (χ4n) is 1.78. The third kappa shape index (κ3) is 3.78. The molecule has 21 heavy (non-hydrogen) atoms. The molecule has 0 unspecified atom stereocenters. The summed E-state index contributed by atoms with van der Waals surface area (Å²) in [6.45, 7) is 0. The molecular weight excluding hydrogens is 344 g/mol. The van der Waals surface area contributed by atoms with Gasteiger partial charge in [0.15, 0.2) is 0 Å². The van der Waals surface area contributed by atoms with Gasteiger partial charge in [-0.2, -0.15) is 0 Å². The summed E-state index contributed by atoms with van der Waals surface area (Å²) in [5, 5.41) is 2.59. The van der Waals surface area contributed by atoms with E-state index in [2.05, 4.69) is 21.2 Å². The number of hydrogen-bond donors (Lipinski definition) is 1. The minimum absolute atomic E-state index is 0.256. The molecule has 0 saturated heterocycles. The number of benzene rings is 2. The van der Waals surface area contributed by atoms with Crippen LogP contribution in [0.4, 0.5) is 14.5 Å². The third-order valence-electron chi connectivity index (χ3n) is 2.85. The number of carbonyl (C=O) groups excluding carboxylic acids is 1. The normalized spacial score (nSPS) is 10.3. The Bertz CT molecular complexity index is 656. The Morgan fingerprint density at radius 2 is 1.90 bits per heavy atom. The summed E-state index contributed by atoms with van der Waals surface area (Å²) in [7, 11) is 1.50. The Morgan fingerprint density at radius 3 is 2.52 bits per heavy atom. The molecule has 0 aliphatic rings. The van der Waals surface area contributed by atoms with Crippen molar-refractivity contribution in [1.82, 2.24) is 0 Å². The van der Waals surface area contributed by atoms with Crippen LogP contribution in [0.1, 0.15) is 5.56 Å². The van der Waals surface area contributed by atoms with Gasteiger partial charge in [0.25, 0.3) is 0 Å². The van der Waals surface area contributed by atoms with Crippen molar-refractivity contribution >= 4 is 27.5 Å². The maximum absolute atomic E-state index is 13.5. The summed E-state index contributed by atoms with van der Waals surface area (Å²) < 4.78 is 32.7. The van der Waals surface area contributed by atoms with Gasteiger partial charge in [-0.25, -0.2) is 8.78 Å². The average Bonchev–Trinajstić information content (AvgIpc) is 2.45. The third-order valence-corrected chi connectivity index (χ3v) is 3.54. The van der Waals surface area contributed by atoms with Gasteiger partial charge in [-0.15, -0.1) is 0 Å². The van der Waals surface area contributed by atoms with Gasteiger partial charge in [-0.05, 0) is 40.2 Å². The van der Waals surface area contributed by atoms with E-state index in [1.807, 2.05) is 0 Å². The molecule has 2 rings (SSSR count). The van der Waals surface area contributed by atoms with E-state index in [9.17, 15) is 13.6 Å². The molecule has 0 atom stereocenters. The maximum Gasteiger partial charge on any atom is 0.229 e. The van der Waals surface area contributed by atoms with E-state index < -0.39 is 17.5 Å². The van der Waals surface area contributed by atoms with Crippen LogP contribution in [0.25, 0.3) is 0 Å². The van der Waals surface area contributed by atoms with Crippen molar-refractivity contribution in [2.75, 3.05) is 12.4 Å². The van der Waals surface area contributed by atoms with Gasteiger partial charge in [0.1, 0.15) is 17.4 Å². The van der Waals surface area contributed by atoms with Gasteiger partial charge >= 0.3 is 0 Å². The first-order chi connectivity index (χ1) is 10.0. The number of halogens is 3. The molecule has 2 aromatic rings. The maximum atomic E-state index is 13.5. The number of nitrogens with one attached hydrogen (secondary N) is 1. The van der Waals surface area contributed by atoms with Gasteiger partial charge < -0.3 is 10.1 Å². The number of rotatable bonds is 4. The predicted octanol–water partition coefficient (Wildman–Crippen LogP) is 3.92. The SMILES string of the molecule is COc1ccc(Br)c(NC(=O)Cc2c(F)cccc2F)c1. The summed E-state index contributed by atoms with van der Waals surface area (Å²) in [6.07, 6.45) is -0.387. The Kier molecular flexibility index (Phi) is 4.90. The van der Waals surface area contributed by atoms with E-state index in [-0.39, 0.29) is 12.0 Å². The highest BCUT2D eigenvalue weighted by Crippen LogP contribution is 2.27. The molecule has 0 bridgehead atoms. The Balaban J connectivity index is 2.15. The highest BCUT2D eigenvalue weighted by atomic mass is 79.9. The zero-order valence-electron chi connectivity index (χ0n) is 11.1. The zero-order valence-corrected chi connectivity index (χ0v) is 12.7. The average molecular weight is 356 g/mol. The summed E-state index contributed by atoms with van der Waals surface area (Å²) in [5.74, 6) is -1.44. The molecule has 2 aromatic carbocycles. The van der Waals surface area contributed by atoms with Crippen LogP contribution in [0.2, 0.25) is 0 Å². The van der Waals surface area contributed by atoms with Crippen LogP contribution in [0.15, 0.2) is 40.9 Å². The molecule has 6 heteroatoms. The number of ether oxygens (including phenoxy) is 1. The highest BCUT2D eigenvalue weighted by Gasteiger charge is 2.14. The van der Waals surface area contributed by atoms with Gasteiger partial charge in [0.05, 0.1) is 19.2 Å². The van der Waals surface area contributed by atoms with Crippen molar-refractivity contribution in [1.29, 1.82) is 0 Å². The van der Waals surface area contributed by atoms with Gasteiger partial charge in [-0.1, -0.05) is 6.07 Å². The first-order valence-corrected chi connectivity index (χ1v) is 6.87. The number of carbonyl (C=O) groups is 1. The van der Waals surface area contributed by atoms with Gasteiger partial charge in [0, 0.05) is 16.1 Å². The fourth-order valence-corrected chi connectivity index (χ4v) is 2.13. The first kappa shape index (κ1) is 15.4. The van der Waals surface area contributed by atoms with E-state index in [1.54, 1.807) is 18.2 Å². The van der Waals surface area contributed by atoms with Crippen molar-refractivity contribution in [3.05, 3.63) is 58.1 Å². The summed E-state index contributed by atoms with van der Waals surface area (Å²) >= 11 is 3.28. The van der Waals surface area contributed by atoms with Crippen LogP contribution in [0.3, 0.4) is 0 Å². The predicted molar refractivity (Wildman–Crippen MR) is 79.4 cm³/mol. The fraction of sp³-hybridized carbons (Fsp3) is 0.133. The molecule has 0 spiro atoms. The van der Waals surface area contributed by atoms with E-state index in [1.165, 1.54) is 13.2 Å². The lowest BCUT2D eigenvalue weighted by molar-refractivity contribution is -0.115. The quantitative estimate of drug-likeness (QED) is 0.902. The smallest absolute Gasteiger partial charge is 0.229 e. The minimum Gasteiger partial charge on any atom is -0.497 e. The Labute approximate surface area is 129 Å². The highest BCUT2D eigenvalue weighted by molar-refractivity contribution is 9.10.